The molecule has 1 heterocycles. The van der Waals surface area contributed by atoms with Crippen molar-refractivity contribution in [2.24, 2.45) is 0 Å². The average molecular weight is 390 g/mol. The molecule has 4 heteroatoms. The van der Waals surface area contributed by atoms with Crippen molar-refractivity contribution in [2.75, 3.05) is 12.0 Å². The second-order valence-corrected chi connectivity index (χ2v) is 7.22. The highest BCUT2D eigenvalue weighted by molar-refractivity contribution is 6.30. The molecule has 4 rings (SSSR count). The van der Waals surface area contributed by atoms with Gasteiger partial charge in [-0.3, -0.25) is 4.79 Å². The van der Waals surface area contributed by atoms with Gasteiger partial charge in [-0.05, 0) is 64.2 Å². The number of ether oxygens (including phenoxy) is 1. The smallest absolute Gasteiger partial charge is 0.224 e. The van der Waals surface area contributed by atoms with Crippen molar-refractivity contribution >= 4 is 35.3 Å². The maximum absolute atomic E-state index is 12.3. The number of methoxy groups -OCH3 is 1. The molecule has 0 fully saturated rings. The summed E-state index contributed by atoms with van der Waals surface area (Å²) in [5.74, 6) is 0.838. The first kappa shape index (κ1) is 18.3. The molecule has 0 saturated carbocycles. The zero-order valence-electron chi connectivity index (χ0n) is 15.8. The van der Waals surface area contributed by atoms with Crippen molar-refractivity contribution < 1.29 is 9.53 Å². The normalized spacial score (nSPS) is 12.6. The Morgan fingerprint density at radius 1 is 0.929 bits per heavy atom. The lowest BCUT2D eigenvalue weighted by molar-refractivity contribution is -0.116. The van der Waals surface area contributed by atoms with E-state index in [1.807, 2.05) is 48.5 Å². The monoisotopic (exact) mass is 389 g/mol. The van der Waals surface area contributed by atoms with E-state index >= 15 is 0 Å². The van der Waals surface area contributed by atoms with E-state index in [2.05, 4.69) is 24.3 Å². The van der Waals surface area contributed by atoms with Crippen molar-refractivity contribution in [1.29, 1.82) is 0 Å². The lowest BCUT2D eigenvalue weighted by Crippen LogP contribution is -2.29. The van der Waals surface area contributed by atoms with Crippen molar-refractivity contribution in [3.63, 3.8) is 0 Å². The summed E-state index contributed by atoms with van der Waals surface area (Å²) >= 11 is 6.18. The van der Waals surface area contributed by atoms with E-state index in [0.717, 1.165) is 39.3 Å². The molecule has 0 N–H and O–H groups in total. The molecule has 0 unspecified atom stereocenters. The van der Waals surface area contributed by atoms with Gasteiger partial charge in [0.25, 0.3) is 0 Å². The van der Waals surface area contributed by atoms with Crippen LogP contribution in [0.4, 0.5) is 5.69 Å². The number of nitrogens with zero attached hydrogens (tertiary/aromatic N) is 1. The second-order valence-electron chi connectivity index (χ2n) is 6.78. The minimum absolute atomic E-state index is 0.00375. The number of benzene rings is 3. The summed E-state index contributed by atoms with van der Waals surface area (Å²) in [7, 11) is 1.66. The minimum atomic E-state index is 0.00375. The summed E-state index contributed by atoms with van der Waals surface area (Å²) in [6, 6.07) is 20.0. The van der Waals surface area contributed by atoms with Crippen LogP contribution in [-0.4, -0.2) is 13.0 Å². The molecule has 0 saturated heterocycles. The minimum Gasteiger partial charge on any atom is -0.497 e. The van der Waals surface area contributed by atoms with E-state index in [0.29, 0.717) is 11.6 Å². The van der Waals surface area contributed by atoms with Crippen LogP contribution in [0.15, 0.2) is 60.7 Å². The molecule has 3 nitrogen and oxygen atoms in total. The van der Waals surface area contributed by atoms with Crippen LogP contribution in [0.5, 0.6) is 5.75 Å². The van der Waals surface area contributed by atoms with Crippen LogP contribution in [0, 0.1) is 0 Å². The highest BCUT2D eigenvalue weighted by Crippen LogP contribution is 2.33. The molecule has 28 heavy (non-hydrogen) atoms. The van der Waals surface area contributed by atoms with Gasteiger partial charge in [-0.1, -0.05) is 48.0 Å². The zero-order valence-corrected chi connectivity index (χ0v) is 16.5. The Morgan fingerprint density at radius 2 is 1.64 bits per heavy atom. The number of rotatable bonds is 2. The summed E-state index contributed by atoms with van der Waals surface area (Å²) in [6.45, 7) is 2.11. The van der Waals surface area contributed by atoms with E-state index in [9.17, 15) is 4.79 Å². The molecule has 1 amide bonds. The molecule has 140 valence electrons. The number of carbonyl (C=O) groups excluding carboxylic acids is 1. The van der Waals surface area contributed by atoms with Gasteiger partial charge in [0, 0.05) is 11.9 Å². The topological polar surface area (TPSA) is 29.5 Å². The fourth-order valence-corrected chi connectivity index (χ4v) is 3.66. The zero-order chi connectivity index (χ0) is 19.7. The molecule has 0 atom stereocenters. The van der Waals surface area contributed by atoms with Crippen molar-refractivity contribution in [2.45, 2.75) is 13.5 Å². The molecule has 3 aromatic carbocycles. The third-order valence-corrected chi connectivity index (χ3v) is 5.24. The predicted molar refractivity (Wildman–Crippen MR) is 116 cm³/mol. The van der Waals surface area contributed by atoms with Gasteiger partial charge in [-0.25, -0.2) is 0 Å². The van der Waals surface area contributed by atoms with Crippen LogP contribution in [0.2, 0.25) is 5.02 Å². The van der Waals surface area contributed by atoms with Crippen LogP contribution in [0.3, 0.4) is 0 Å². The number of anilines is 1. The van der Waals surface area contributed by atoms with Gasteiger partial charge in [0.1, 0.15) is 5.75 Å². The summed E-state index contributed by atoms with van der Waals surface area (Å²) in [6.07, 6.45) is 4.11. The Balaban J connectivity index is 1.79. The molecule has 1 aliphatic heterocycles. The van der Waals surface area contributed by atoms with Crippen molar-refractivity contribution in [3.8, 4) is 16.9 Å². The van der Waals surface area contributed by atoms with Crippen molar-refractivity contribution in [1.82, 2.24) is 0 Å². The summed E-state index contributed by atoms with van der Waals surface area (Å²) in [4.78, 5) is 14.1. The van der Waals surface area contributed by atoms with Crippen LogP contribution < -0.4 is 9.64 Å². The summed E-state index contributed by atoms with van der Waals surface area (Å²) in [5.41, 5.74) is 6.23. The first-order chi connectivity index (χ1) is 13.5. The molecule has 3 aromatic rings. The highest BCUT2D eigenvalue weighted by atomic mass is 35.5. The van der Waals surface area contributed by atoms with Crippen LogP contribution in [0.1, 0.15) is 23.6 Å². The lowest BCUT2D eigenvalue weighted by atomic mass is 9.96. The number of amides is 1. The van der Waals surface area contributed by atoms with Gasteiger partial charge >= 0.3 is 0 Å². The Hall–Kier alpha value is -3.04. The first-order valence-corrected chi connectivity index (χ1v) is 9.46. The van der Waals surface area contributed by atoms with E-state index in [4.69, 9.17) is 16.3 Å². The third kappa shape index (κ3) is 3.54. The molecular weight excluding hydrogens is 370 g/mol. The summed E-state index contributed by atoms with van der Waals surface area (Å²) < 4.78 is 5.24. The average Bonchev–Trinajstić information content (AvgIpc) is 2.69. The molecule has 1 aliphatic rings. The largest absolute Gasteiger partial charge is 0.497 e. The second kappa shape index (κ2) is 7.53. The Labute approximate surface area is 169 Å². The Kier molecular flexibility index (Phi) is 4.93. The first-order valence-electron chi connectivity index (χ1n) is 9.08. The maximum atomic E-state index is 12.3. The quantitative estimate of drug-likeness (QED) is 0.533. The lowest BCUT2D eigenvalue weighted by Gasteiger charge is -2.26. The number of hydrogen-bond acceptors (Lipinski definition) is 2. The fourth-order valence-electron chi connectivity index (χ4n) is 3.48. The van der Waals surface area contributed by atoms with Gasteiger partial charge in [0.05, 0.1) is 19.3 Å². The standard InChI is InChI=1S/C24H20ClNO2/c1-16(27)26-15-21-6-4-18(17-7-10-23(28-2)11-8-17)13-19(21)3-5-20-14-22(25)9-12-24(20)26/h3-14H,15H2,1-2H3. The molecule has 0 aromatic heterocycles. The van der Waals surface area contributed by atoms with E-state index in [1.165, 1.54) is 0 Å². The molecule has 0 spiro atoms. The van der Waals surface area contributed by atoms with Gasteiger partial charge < -0.3 is 9.64 Å². The number of hydrogen-bond donors (Lipinski definition) is 0. The fraction of sp³-hybridized carbons (Fsp3) is 0.125. The van der Waals surface area contributed by atoms with Crippen LogP contribution >= 0.6 is 11.6 Å². The van der Waals surface area contributed by atoms with Crippen LogP contribution in [0.25, 0.3) is 23.3 Å². The van der Waals surface area contributed by atoms with E-state index in [1.54, 1.807) is 18.9 Å². The SMILES string of the molecule is COc1ccc(-c2ccc3c(c2)C=Cc2cc(Cl)ccc2N(C(C)=O)C3)cc1. The third-order valence-electron chi connectivity index (χ3n) is 5.00. The molecule has 0 aliphatic carbocycles. The van der Waals surface area contributed by atoms with E-state index < -0.39 is 0 Å². The molecule has 0 radical (unpaired) electrons. The number of carbonyl (C=O) groups is 1. The van der Waals surface area contributed by atoms with Crippen molar-refractivity contribution in [3.05, 3.63) is 82.4 Å². The van der Waals surface area contributed by atoms with Gasteiger partial charge in [-0.15, -0.1) is 0 Å². The van der Waals surface area contributed by atoms with E-state index in [-0.39, 0.29) is 5.91 Å². The highest BCUT2D eigenvalue weighted by Gasteiger charge is 2.19. The Bertz CT molecular complexity index is 1070. The van der Waals surface area contributed by atoms with Gasteiger partial charge in [0.15, 0.2) is 0 Å². The van der Waals surface area contributed by atoms with Crippen LogP contribution in [-0.2, 0) is 11.3 Å². The number of fused-ring (bicyclic) bond motifs is 2. The Morgan fingerprint density at radius 3 is 2.36 bits per heavy atom. The molecule has 0 bridgehead atoms. The van der Waals surface area contributed by atoms with Gasteiger partial charge in [-0.2, -0.15) is 0 Å². The maximum Gasteiger partial charge on any atom is 0.224 e. The summed E-state index contributed by atoms with van der Waals surface area (Å²) in [5, 5.41) is 0.652. The predicted octanol–water partition coefficient (Wildman–Crippen LogP) is 6.05. The van der Waals surface area contributed by atoms with Gasteiger partial charge in [0.2, 0.25) is 5.91 Å². The number of halogens is 1. The molecular formula is C24H20ClNO2.